The highest BCUT2D eigenvalue weighted by Crippen LogP contribution is 2.17. The average molecular weight is 237 g/mol. The van der Waals surface area contributed by atoms with Gasteiger partial charge in [-0.2, -0.15) is 4.98 Å². The van der Waals surface area contributed by atoms with Gasteiger partial charge in [0, 0.05) is 12.3 Å². The first-order valence-electron chi connectivity index (χ1n) is 4.54. The van der Waals surface area contributed by atoms with E-state index in [4.69, 9.17) is 16.3 Å². The van der Waals surface area contributed by atoms with Crippen LogP contribution in [0.3, 0.4) is 0 Å². The Bertz CT molecular complexity index is 478. The van der Waals surface area contributed by atoms with Crippen molar-refractivity contribution >= 4 is 23.4 Å². The van der Waals surface area contributed by atoms with Crippen LogP contribution in [-0.2, 0) is 0 Å². The quantitative estimate of drug-likeness (QED) is 0.829. The fourth-order valence-electron chi connectivity index (χ4n) is 1.11. The Kier molecular flexibility index (Phi) is 3.16. The van der Waals surface area contributed by atoms with Crippen LogP contribution in [0.25, 0.3) is 0 Å². The molecule has 2 heterocycles. The lowest BCUT2D eigenvalue weighted by Crippen LogP contribution is -2.00. The summed E-state index contributed by atoms with van der Waals surface area (Å²) in [6.45, 7) is 0. The topological polar surface area (TPSA) is 59.9 Å². The molecule has 6 heteroatoms. The van der Waals surface area contributed by atoms with Gasteiger partial charge in [0.2, 0.25) is 11.8 Å². The molecule has 82 valence electrons. The summed E-state index contributed by atoms with van der Waals surface area (Å²) in [6, 6.07) is 7.02. The van der Waals surface area contributed by atoms with Crippen molar-refractivity contribution in [3.05, 3.63) is 35.6 Å². The number of hydrogen-bond acceptors (Lipinski definition) is 5. The third-order valence-corrected chi connectivity index (χ3v) is 1.98. The van der Waals surface area contributed by atoms with E-state index >= 15 is 0 Å². The summed E-state index contributed by atoms with van der Waals surface area (Å²) in [7, 11) is 1.52. The average Bonchev–Trinajstić information content (AvgIpc) is 2.29. The van der Waals surface area contributed by atoms with Crippen molar-refractivity contribution in [2.24, 2.45) is 0 Å². The smallest absolute Gasteiger partial charge is 0.233 e. The SMILES string of the molecule is COc1cc(Cl)nc(Nc2ccccn2)n1. The van der Waals surface area contributed by atoms with Gasteiger partial charge in [0.15, 0.2) is 0 Å². The van der Waals surface area contributed by atoms with Crippen molar-refractivity contribution in [2.75, 3.05) is 12.4 Å². The van der Waals surface area contributed by atoms with Crippen LogP contribution >= 0.6 is 11.6 Å². The molecule has 0 aliphatic rings. The summed E-state index contributed by atoms with van der Waals surface area (Å²) in [5, 5.41) is 3.23. The predicted octanol–water partition coefficient (Wildman–Crippen LogP) is 2.28. The van der Waals surface area contributed by atoms with Gasteiger partial charge in [-0.25, -0.2) is 9.97 Å². The van der Waals surface area contributed by atoms with E-state index in [0.717, 1.165) is 0 Å². The van der Waals surface area contributed by atoms with E-state index < -0.39 is 0 Å². The molecular weight excluding hydrogens is 228 g/mol. The molecule has 0 amide bonds. The molecule has 2 aromatic rings. The molecule has 0 unspecified atom stereocenters. The van der Waals surface area contributed by atoms with Crippen LogP contribution in [0.4, 0.5) is 11.8 Å². The van der Waals surface area contributed by atoms with Gasteiger partial charge < -0.3 is 10.1 Å². The molecule has 0 saturated carbocycles. The van der Waals surface area contributed by atoms with Gasteiger partial charge >= 0.3 is 0 Å². The number of hydrogen-bond donors (Lipinski definition) is 1. The van der Waals surface area contributed by atoms with Gasteiger partial charge in [0.25, 0.3) is 0 Å². The fraction of sp³-hybridized carbons (Fsp3) is 0.100. The number of methoxy groups -OCH3 is 1. The molecule has 0 aliphatic carbocycles. The normalized spacial score (nSPS) is 9.88. The monoisotopic (exact) mass is 236 g/mol. The number of aromatic nitrogens is 3. The van der Waals surface area contributed by atoms with E-state index in [-0.39, 0.29) is 0 Å². The van der Waals surface area contributed by atoms with Crippen molar-refractivity contribution in [3.8, 4) is 5.88 Å². The van der Waals surface area contributed by atoms with Crippen LogP contribution < -0.4 is 10.1 Å². The molecule has 0 bridgehead atoms. The minimum Gasteiger partial charge on any atom is -0.481 e. The summed E-state index contributed by atoms with van der Waals surface area (Å²) in [6.07, 6.45) is 1.67. The molecule has 0 aliphatic heterocycles. The van der Waals surface area contributed by atoms with Crippen LogP contribution in [0.15, 0.2) is 30.5 Å². The maximum absolute atomic E-state index is 5.80. The minimum absolute atomic E-state index is 0.310. The predicted molar refractivity (Wildman–Crippen MR) is 61.1 cm³/mol. The minimum atomic E-state index is 0.310. The summed E-state index contributed by atoms with van der Waals surface area (Å²) < 4.78 is 4.98. The van der Waals surface area contributed by atoms with Gasteiger partial charge in [0.05, 0.1) is 7.11 Å². The second-order valence-corrected chi connectivity index (χ2v) is 3.28. The summed E-state index contributed by atoms with van der Waals surface area (Å²) >= 11 is 5.80. The van der Waals surface area contributed by atoms with Gasteiger partial charge in [-0.1, -0.05) is 17.7 Å². The Morgan fingerprint density at radius 3 is 2.88 bits per heavy atom. The lowest BCUT2D eigenvalue weighted by molar-refractivity contribution is 0.397. The van der Waals surface area contributed by atoms with Crippen LogP contribution in [0, 0.1) is 0 Å². The molecule has 0 radical (unpaired) electrons. The highest BCUT2D eigenvalue weighted by molar-refractivity contribution is 6.29. The fourth-order valence-corrected chi connectivity index (χ4v) is 1.28. The molecule has 5 nitrogen and oxygen atoms in total. The lowest BCUT2D eigenvalue weighted by atomic mass is 10.5. The molecule has 1 N–H and O–H groups in total. The van der Waals surface area contributed by atoms with Crippen molar-refractivity contribution in [2.45, 2.75) is 0 Å². The molecule has 2 rings (SSSR count). The summed E-state index contributed by atoms with van der Waals surface area (Å²) in [4.78, 5) is 12.2. The van der Waals surface area contributed by atoms with Gasteiger partial charge in [-0.05, 0) is 12.1 Å². The molecule has 0 aromatic carbocycles. The summed E-state index contributed by atoms with van der Waals surface area (Å²) in [5.41, 5.74) is 0. The molecule has 2 aromatic heterocycles. The van der Waals surface area contributed by atoms with Crippen LogP contribution in [0.5, 0.6) is 5.88 Å². The van der Waals surface area contributed by atoms with Crippen molar-refractivity contribution in [1.29, 1.82) is 0 Å². The number of rotatable bonds is 3. The second-order valence-electron chi connectivity index (χ2n) is 2.90. The number of halogens is 1. The maximum atomic E-state index is 5.80. The molecule has 0 spiro atoms. The highest BCUT2D eigenvalue weighted by atomic mass is 35.5. The van der Waals surface area contributed by atoms with Gasteiger partial charge in [0.1, 0.15) is 11.0 Å². The van der Waals surface area contributed by atoms with Crippen molar-refractivity contribution < 1.29 is 4.74 Å². The second kappa shape index (κ2) is 4.76. The molecule has 0 fully saturated rings. The molecular formula is C10H9ClN4O. The number of nitrogens with one attached hydrogen (secondary N) is 1. The zero-order chi connectivity index (χ0) is 11.4. The number of pyridine rings is 1. The number of anilines is 2. The van der Waals surface area contributed by atoms with E-state index in [0.29, 0.717) is 22.8 Å². The first-order valence-corrected chi connectivity index (χ1v) is 4.92. The summed E-state index contributed by atoms with van der Waals surface area (Å²) in [5.74, 6) is 1.40. The zero-order valence-corrected chi connectivity index (χ0v) is 9.27. The Hall–Kier alpha value is -1.88. The Labute approximate surface area is 97.5 Å². The Balaban J connectivity index is 2.24. The standard InChI is InChI=1S/C10H9ClN4O/c1-16-9-6-7(11)13-10(15-9)14-8-4-2-3-5-12-8/h2-6H,1H3,(H,12,13,14,15). The van der Waals surface area contributed by atoms with Gasteiger partial charge in [-0.3, -0.25) is 0 Å². The van der Waals surface area contributed by atoms with Crippen molar-refractivity contribution in [1.82, 2.24) is 15.0 Å². The van der Waals surface area contributed by atoms with Crippen LogP contribution in [-0.4, -0.2) is 22.1 Å². The Morgan fingerprint density at radius 1 is 1.31 bits per heavy atom. The largest absolute Gasteiger partial charge is 0.481 e. The first kappa shape index (κ1) is 10.6. The number of ether oxygens (including phenoxy) is 1. The van der Waals surface area contributed by atoms with Crippen LogP contribution in [0.1, 0.15) is 0 Å². The lowest BCUT2D eigenvalue weighted by Gasteiger charge is -2.05. The molecule has 0 saturated heterocycles. The number of nitrogens with zero attached hydrogens (tertiary/aromatic N) is 3. The van der Waals surface area contributed by atoms with Crippen LogP contribution in [0.2, 0.25) is 5.15 Å². The Morgan fingerprint density at radius 2 is 2.19 bits per heavy atom. The van der Waals surface area contributed by atoms with E-state index in [1.165, 1.54) is 13.2 Å². The molecule has 16 heavy (non-hydrogen) atoms. The van der Waals surface area contributed by atoms with Crippen molar-refractivity contribution in [3.63, 3.8) is 0 Å². The third kappa shape index (κ3) is 2.58. The maximum Gasteiger partial charge on any atom is 0.233 e. The van der Waals surface area contributed by atoms with E-state index in [1.807, 2.05) is 12.1 Å². The van der Waals surface area contributed by atoms with Gasteiger partial charge in [-0.15, -0.1) is 0 Å². The van der Waals surface area contributed by atoms with E-state index in [2.05, 4.69) is 20.3 Å². The molecule has 0 atom stereocenters. The third-order valence-electron chi connectivity index (χ3n) is 1.79. The zero-order valence-electron chi connectivity index (χ0n) is 8.51. The van der Waals surface area contributed by atoms with E-state index in [1.54, 1.807) is 12.3 Å². The highest BCUT2D eigenvalue weighted by Gasteiger charge is 2.03. The van der Waals surface area contributed by atoms with E-state index in [9.17, 15) is 0 Å². The first-order chi connectivity index (χ1) is 7.78.